The Hall–Kier alpha value is -4.28. The van der Waals surface area contributed by atoms with E-state index < -0.39 is 35.9 Å². The molecule has 0 bridgehead atoms. The van der Waals surface area contributed by atoms with Gasteiger partial charge in [0.25, 0.3) is 0 Å². The quantitative estimate of drug-likeness (QED) is 0.392. The molecule has 0 amide bonds. The van der Waals surface area contributed by atoms with Crippen molar-refractivity contribution < 1.29 is 28.9 Å². The number of nitrogen functional groups attached to an aromatic ring is 1. The number of nitrogens with two attached hydrogens (primary N) is 1. The molecule has 1 fully saturated rings. The molecular weight excluding hydrogens is 464 g/mol. The Kier molecular flexibility index (Phi) is 6.13. The fourth-order valence-corrected chi connectivity index (χ4v) is 4.36. The fraction of sp³-hybridized carbons (Fsp3) is 0.231. The summed E-state index contributed by atoms with van der Waals surface area (Å²) in [5.74, 6) is -3.63. The van der Waals surface area contributed by atoms with Gasteiger partial charge in [-0.15, -0.1) is 0 Å². The lowest BCUT2D eigenvalue weighted by atomic mass is 9.93. The van der Waals surface area contributed by atoms with Gasteiger partial charge >= 0.3 is 11.9 Å². The number of rotatable bonds is 6. The molecule has 4 unspecified atom stereocenters. The van der Waals surface area contributed by atoms with E-state index in [1.54, 1.807) is 79.7 Å². The molecule has 1 aliphatic rings. The molecule has 4 aromatic rings. The van der Waals surface area contributed by atoms with Crippen LogP contribution in [0.15, 0.2) is 79.1 Å². The van der Waals surface area contributed by atoms with Gasteiger partial charge in [0.1, 0.15) is 36.4 Å². The zero-order valence-electron chi connectivity index (χ0n) is 19.4. The molecule has 0 saturated carbocycles. The van der Waals surface area contributed by atoms with Crippen molar-refractivity contribution in [2.75, 3.05) is 12.3 Å². The third kappa shape index (κ3) is 4.16. The average Bonchev–Trinajstić information content (AvgIpc) is 3.45. The van der Waals surface area contributed by atoms with Gasteiger partial charge in [0.2, 0.25) is 5.79 Å². The van der Waals surface area contributed by atoms with E-state index in [1.807, 2.05) is 0 Å². The molecule has 10 heteroatoms. The number of hydrogen-bond acceptors (Lipinski definition) is 9. The molecule has 36 heavy (non-hydrogen) atoms. The van der Waals surface area contributed by atoms with Crippen molar-refractivity contribution in [2.45, 2.75) is 24.9 Å². The minimum Gasteiger partial charge on any atom is -0.459 e. The fourth-order valence-electron chi connectivity index (χ4n) is 4.36. The normalized spacial score (nSPS) is 23.4. The number of hydrogen-bond donors (Lipinski definition) is 2. The van der Waals surface area contributed by atoms with Crippen LogP contribution in [0.5, 0.6) is 0 Å². The maximum absolute atomic E-state index is 12.9. The van der Waals surface area contributed by atoms with Gasteiger partial charge in [-0.05, 0) is 36.4 Å². The topological polar surface area (TPSA) is 138 Å². The predicted octanol–water partition coefficient (Wildman–Crippen LogP) is 2.57. The number of aliphatic hydroxyl groups is 1. The van der Waals surface area contributed by atoms with E-state index >= 15 is 0 Å². The standard InChI is InChI=1S/C26H24N4O6/c1-16-22(35-25(32)18-10-6-3-7-11-18)20(14-34-24(31)17-8-4-2-5-9-17)36-26(16,33)21-13-12-19-23(27)28-15-29-30(19)21/h2-13,15-16,20,22,33H,14H2,1H3,(H2,27,28,29). The van der Waals surface area contributed by atoms with Crippen LogP contribution in [-0.4, -0.2) is 50.5 Å². The first-order valence-corrected chi connectivity index (χ1v) is 11.4. The minimum absolute atomic E-state index is 0.228. The maximum Gasteiger partial charge on any atom is 0.338 e. The van der Waals surface area contributed by atoms with Crippen LogP contribution < -0.4 is 5.73 Å². The van der Waals surface area contributed by atoms with Gasteiger partial charge in [-0.3, -0.25) is 0 Å². The van der Waals surface area contributed by atoms with Gasteiger partial charge in [0.05, 0.1) is 17.0 Å². The summed E-state index contributed by atoms with van der Waals surface area (Å²) in [5.41, 5.74) is 7.40. The van der Waals surface area contributed by atoms with Crippen molar-refractivity contribution in [2.24, 2.45) is 5.92 Å². The summed E-state index contributed by atoms with van der Waals surface area (Å²) in [6.45, 7) is 1.43. The second-order valence-electron chi connectivity index (χ2n) is 8.50. The molecule has 0 radical (unpaired) electrons. The lowest BCUT2D eigenvalue weighted by molar-refractivity contribution is -0.226. The van der Waals surface area contributed by atoms with Gasteiger partial charge in [0.15, 0.2) is 5.82 Å². The summed E-state index contributed by atoms with van der Waals surface area (Å²) in [4.78, 5) is 29.4. The third-order valence-corrected chi connectivity index (χ3v) is 6.30. The zero-order chi connectivity index (χ0) is 25.3. The minimum atomic E-state index is -1.93. The van der Waals surface area contributed by atoms with Crippen molar-refractivity contribution >= 4 is 23.3 Å². The molecular formula is C26H24N4O6. The van der Waals surface area contributed by atoms with E-state index in [0.717, 1.165) is 0 Å². The average molecular weight is 489 g/mol. The molecule has 2 aromatic heterocycles. The second-order valence-corrected chi connectivity index (χ2v) is 8.50. The van der Waals surface area contributed by atoms with Gasteiger partial charge in [-0.25, -0.2) is 19.1 Å². The molecule has 1 saturated heterocycles. The highest BCUT2D eigenvalue weighted by atomic mass is 16.7. The Bertz CT molecular complexity index is 1390. The lowest BCUT2D eigenvalue weighted by Gasteiger charge is -2.27. The zero-order valence-corrected chi connectivity index (χ0v) is 19.4. The number of nitrogens with zero attached hydrogens (tertiary/aromatic N) is 3. The highest BCUT2D eigenvalue weighted by molar-refractivity contribution is 5.90. The SMILES string of the molecule is CC1C(OC(=O)c2ccccc2)C(COC(=O)c2ccccc2)OC1(O)c1ccc2c(N)ncnn12. The van der Waals surface area contributed by atoms with E-state index in [2.05, 4.69) is 10.1 Å². The van der Waals surface area contributed by atoms with Crippen molar-refractivity contribution in [3.8, 4) is 0 Å². The number of esters is 2. The van der Waals surface area contributed by atoms with Gasteiger partial charge < -0.3 is 25.1 Å². The van der Waals surface area contributed by atoms with Crippen molar-refractivity contribution in [1.29, 1.82) is 0 Å². The molecule has 0 aliphatic carbocycles. The van der Waals surface area contributed by atoms with E-state index in [0.29, 0.717) is 16.6 Å². The number of anilines is 1. The molecule has 3 N–H and O–H groups in total. The smallest absolute Gasteiger partial charge is 0.338 e. The molecule has 2 aromatic carbocycles. The number of aromatic nitrogens is 3. The lowest BCUT2D eigenvalue weighted by Crippen LogP contribution is -2.37. The van der Waals surface area contributed by atoms with Crippen LogP contribution in [0.25, 0.3) is 5.52 Å². The number of carbonyl (C=O) groups excluding carboxylic acids is 2. The summed E-state index contributed by atoms with van der Waals surface area (Å²) in [6, 6.07) is 20.2. The van der Waals surface area contributed by atoms with Crippen molar-refractivity contribution in [3.05, 3.63) is 95.9 Å². The summed E-state index contributed by atoms with van der Waals surface area (Å²) in [7, 11) is 0. The van der Waals surface area contributed by atoms with Crippen molar-refractivity contribution in [3.63, 3.8) is 0 Å². The molecule has 3 heterocycles. The molecule has 5 rings (SSSR count). The summed E-state index contributed by atoms with van der Waals surface area (Å²) < 4.78 is 18.8. The monoisotopic (exact) mass is 488 g/mol. The number of benzene rings is 2. The highest BCUT2D eigenvalue weighted by Gasteiger charge is 2.56. The van der Waals surface area contributed by atoms with Crippen LogP contribution in [-0.2, 0) is 20.0 Å². The van der Waals surface area contributed by atoms with Gasteiger partial charge in [0, 0.05) is 0 Å². The first kappa shape index (κ1) is 23.5. The first-order chi connectivity index (χ1) is 17.4. The number of fused-ring (bicyclic) bond motifs is 1. The van der Waals surface area contributed by atoms with Crippen LogP contribution in [0.2, 0.25) is 0 Å². The summed E-state index contributed by atoms with van der Waals surface area (Å²) >= 11 is 0. The van der Waals surface area contributed by atoms with Gasteiger partial charge in [-0.2, -0.15) is 5.10 Å². The number of carbonyl (C=O) groups is 2. The van der Waals surface area contributed by atoms with Crippen LogP contribution >= 0.6 is 0 Å². The molecule has 10 nitrogen and oxygen atoms in total. The van der Waals surface area contributed by atoms with E-state index in [4.69, 9.17) is 19.9 Å². The summed E-state index contributed by atoms with van der Waals surface area (Å²) in [6.07, 6.45) is -0.646. The van der Waals surface area contributed by atoms with E-state index in [1.165, 1.54) is 10.8 Å². The van der Waals surface area contributed by atoms with Crippen LogP contribution in [0.3, 0.4) is 0 Å². The Morgan fingerprint density at radius 2 is 1.67 bits per heavy atom. The van der Waals surface area contributed by atoms with Gasteiger partial charge in [-0.1, -0.05) is 43.3 Å². The molecule has 0 spiro atoms. The first-order valence-electron chi connectivity index (χ1n) is 11.4. The van der Waals surface area contributed by atoms with Crippen LogP contribution in [0.1, 0.15) is 33.3 Å². The molecule has 184 valence electrons. The number of ether oxygens (including phenoxy) is 3. The predicted molar refractivity (Wildman–Crippen MR) is 128 cm³/mol. The Morgan fingerprint density at radius 1 is 1.03 bits per heavy atom. The van der Waals surface area contributed by atoms with E-state index in [-0.39, 0.29) is 18.1 Å². The van der Waals surface area contributed by atoms with E-state index in [9.17, 15) is 14.7 Å². The van der Waals surface area contributed by atoms with Crippen LogP contribution in [0.4, 0.5) is 5.82 Å². The Labute approximate surface area is 206 Å². The second kappa shape index (κ2) is 9.40. The van der Waals surface area contributed by atoms with Crippen LogP contribution in [0, 0.1) is 5.92 Å². The molecule has 1 aliphatic heterocycles. The summed E-state index contributed by atoms with van der Waals surface area (Å²) in [5, 5.41) is 15.9. The highest BCUT2D eigenvalue weighted by Crippen LogP contribution is 2.44. The Balaban J connectivity index is 1.45. The largest absolute Gasteiger partial charge is 0.459 e. The van der Waals surface area contributed by atoms with Crippen molar-refractivity contribution in [1.82, 2.24) is 14.6 Å². The molecule has 4 atom stereocenters. The maximum atomic E-state index is 12.9. The third-order valence-electron chi connectivity index (χ3n) is 6.30. The Morgan fingerprint density at radius 3 is 2.33 bits per heavy atom.